The summed E-state index contributed by atoms with van der Waals surface area (Å²) in [6.45, 7) is 2.09. The van der Waals surface area contributed by atoms with E-state index in [9.17, 15) is 9.59 Å². The molecule has 7 nitrogen and oxygen atoms in total. The Morgan fingerprint density at radius 3 is 2.65 bits per heavy atom. The Kier molecular flexibility index (Phi) is 2.92. The molecule has 2 fully saturated rings. The SMILES string of the molecule is CC1CC1NC(=O)NC1(c2ncc(C(=O)O)[nH]2)CCC1. The lowest BCUT2D eigenvalue weighted by molar-refractivity contribution is 0.0690. The van der Waals surface area contributed by atoms with Gasteiger partial charge in [-0.3, -0.25) is 0 Å². The Morgan fingerprint density at radius 1 is 1.50 bits per heavy atom. The standard InChI is InChI=1S/C13H18N4O3/c1-7-5-8(7)16-12(20)17-13(3-2-4-13)11-14-6-9(15-11)10(18)19/h6-8H,2-5H2,1H3,(H,14,15)(H,18,19)(H2,16,17,20). The molecular weight excluding hydrogens is 260 g/mol. The van der Waals surface area contributed by atoms with Crippen molar-refractivity contribution in [2.24, 2.45) is 5.92 Å². The van der Waals surface area contributed by atoms with Gasteiger partial charge in [0.05, 0.1) is 11.7 Å². The molecule has 2 unspecified atom stereocenters. The van der Waals surface area contributed by atoms with Gasteiger partial charge in [-0.2, -0.15) is 0 Å². The van der Waals surface area contributed by atoms with Crippen LogP contribution in [0, 0.1) is 5.92 Å². The van der Waals surface area contributed by atoms with Crippen LogP contribution in [0.25, 0.3) is 0 Å². The van der Waals surface area contributed by atoms with E-state index in [-0.39, 0.29) is 17.8 Å². The van der Waals surface area contributed by atoms with Gasteiger partial charge >= 0.3 is 12.0 Å². The number of imidazole rings is 1. The molecule has 2 saturated carbocycles. The molecule has 7 heteroatoms. The quantitative estimate of drug-likeness (QED) is 0.663. The van der Waals surface area contributed by atoms with Gasteiger partial charge in [0.2, 0.25) is 0 Å². The number of H-pyrrole nitrogens is 1. The summed E-state index contributed by atoms with van der Waals surface area (Å²) < 4.78 is 0. The molecule has 2 aliphatic rings. The highest BCUT2D eigenvalue weighted by atomic mass is 16.4. The van der Waals surface area contributed by atoms with Gasteiger partial charge < -0.3 is 20.7 Å². The average molecular weight is 278 g/mol. The Balaban J connectivity index is 1.70. The lowest BCUT2D eigenvalue weighted by atomic mass is 9.76. The molecule has 2 atom stereocenters. The first-order valence-corrected chi connectivity index (χ1v) is 6.88. The molecule has 2 amide bonds. The van der Waals surface area contributed by atoms with Crippen LogP contribution in [0.5, 0.6) is 0 Å². The molecule has 4 N–H and O–H groups in total. The third kappa shape index (κ3) is 2.23. The number of hydrogen-bond acceptors (Lipinski definition) is 3. The number of rotatable bonds is 4. The topological polar surface area (TPSA) is 107 Å². The van der Waals surface area contributed by atoms with Gasteiger partial charge in [-0.1, -0.05) is 6.92 Å². The number of aromatic carboxylic acids is 1. The Labute approximate surface area is 116 Å². The van der Waals surface area contributed by atoms with Crippen molar-refractivity contribution in [3.8, 4) is 0 Å². The zero-order valence-electron chi connectivity index (χ0n) is 11.3. The number of nitrogens with one attached hydrogen (secondary N) is 3. The van der Waals surface area contributed by atoms with E-state index in [4.69, 9.17) is 5.11 Å². The van der Waals surface area contributed by atoms with Gasteiger partial charge in [0.25, 0.3) is 0 Å². The normalized spacial score (nSPS) is 26.4. The number of amides is 2. The van der Waals surface area contributed by atoms with Crippen LogP contribution in [0.4, 0.5) is 4.79 Å². The van der Waals surface area contributed by atoms with Crippen molar-refractivity contribution in [3.05, 3.63) is 17.7 Å². The van der Waals surface area contributed by atoms with E-state index < -0.39 is 11.5 Å². The van der Waals surface area contributed by atoms with Crippen molar-refractivity contribution in [2.45, 2.75) is 44.2 Å². The van der Waals surface area contributed by atoms with E-state index in [0.29, 0.717) is 11.7 Å². The van der Waals surface area contributed by atoms with Crippen LogP contribution >= 0.6 is 0 Å². The maximum absolute atomic E-state index is 12.0. The number of nitrogens with zero attached hydrogens (tertiary/aromatic N) is 1. The molecule has 1 heterocycles. The molecule has 0 bridgehead atoms. The van der Waals surface area contributed by atoms with E-state index in [0.717, 1.165) is 25.7 Å². The molecule has 0 aliphatic heterocycles. The van der Waals surface area contributed by atoms with E-state index in [1.807, 2.05) is 0 Å². The summed E-state index contributed by atoms with van der Waals surface area (Å²) in [5.74, 6) is 0.0231. The minimum atomic E-state index is -1.05. The predicted molar refractivity (Wildman–Crippen MR) is 70.3 cm³/mol. The van der Waals surface area contributed by atoms with Crippen LogP contribution in [0.1, 0.15) is 48.9 Å². The van der Waals surface area contributed by atoms with Crippen LogP contribution in [0.2, 0.25) is 0 Å². The summed E-state index contributed by atoms with van der Waals surface area (Å²) in [6.07, 6.45) is 4.84. The third-order valence-corrected chi connectivity index (χ3v) is 4.25. The second-order valence-corrected chi connectivity index (χ2v) is 5.80. The Morgan fingerprint density at radius 2 is 2.20 bits per heavy atom. The Hall–Kier alpha value is -2.05. The molecule has 1 aromatic rings. The molecule has 0 saturated heterocycles. The summed E-state index contributed by atoms with van der Waals surface area (Å²) in [4.78, 5) is 29.8. The zero-order chi connectivity index (χ0) is 14.3. The molecule has 20 heavy (non-hydrogen) atoms. The number of carbonyl (C=O) groups is 2. The highest BCUT2D eigenvalue weighted by Crippen LogP contribution is 2.40. The molecule has 0 aromatic carbocycles. The van der Waals surface area contributed by atoms with Gasteiger partial charge in [-0.25, -0.2) is 14.6 Å². The summed E-state index contributed by atoms with van der Waals surface area (Å²) in [5, 5.41) is 14.8. The molecule has 108 valence electrons. The summed E-state index contributed by atoms with van der Waals surface area (Å²) in [5.41, 5.74) is -0.500. The molecule has 3 rings (SSSR count). The number of aromatic nitrogens is 2. The lowest BCUT2D eigenvalue weighted by Crippen LogP contribution is -2.55. The van der Waals surface area contributed by atoms with Crippen molar-refractivity contribution < 1.29 is 14.7 Å². The fourth-order valence-electron chi connectivity index (χ4n) is 2.57. The van der Waals surface area contributed by atoms with Crippen molar-refractivity contribution in [1.29, 1.82) is 0 Å². The van der Waals surface area contributed by atoms with Crippen LogP contribution in [0.15, 0.2) is 6.20 Å². The van der Waals surface area contributed by atoms with Crippen molar-refractivity contribution in [3.63, 3.8) is 0 Å². The van der Waals surface area contributed by atoms with Crippen LogP contribution in [0.3, 0.4) is 0 Å². The summed E-state index contributed by atoms with van der Waals surface area (Å²) in [6, 6.07) is 0.0608. The fourth-order valence-corrected chi connectivity index (χ4v) is 2.57. The van der Waals surface area contributed by atoms with E-state index >= 15 is 0 Å². The highest BCUT2D eigenvalue weighted by molar-refractivity contribution is 5.85. The fraction of sp³-hybridized carbons (Fsp3) is 0.615. The summed E-state index contributed by atoms with van der Waals surface area (Å²) >= 11 is 0. The number of aromatic amines is 1. The lowest BCUT2D eigenvalue weighted by Gasteiger charge is -2.40. The molecule has 0 spiro atoms. The zero-order valence-corrected chi connectivity index (χ0v) is 11.3. The first-order valence-electron chi connectivity index (χ1n) is 6.88. The molecule has 0 radical (unpaired) electrons. The van der Waals surface area contributed by atoms with Crippen molar-refractivity contribution in [2.75, 3.05) is 0 Å². The average Bonchev–Trinajstić information content (AvgIpc) is 2.86. The van der Waals surface area contributed by atoms with Gasteiger partial charge in [0.15, 0.2) is 0 Å². The minimum Gasteiger partial charge on any atom is -0.477 e. The van der Waals surface area contributed by atoms with Gasteiger partial charge in [-0.15, -0.1) is 0 Å². The van der Waals surface area contributed by atoms with Gasteiger partial charge in [0, 0.05) is 6.04 Å². The van der Waals surface area contributed by atoms with Crippen molar-refractivity contribution >= 4 is 12.0 Å². The van der Waals surface area contributed by atoms with E-state index in [1.54, 1.807) is 0 Å². The second-order valence-electron chi connectivity index (χ2n) is 5.80. The maximum atomic E-state index is 12.0. The first kappa shape index (κ1) is 13.0. The Bertz CT molecular complexity index is 550. The largest absolute Gasteiger partial charge is 0.477 e. The molecular formula is C13H18N4O3. The van der Waals surface area contributed by atoms with E-state index in [1.165, 1.54) is 6.20 Å². The third-order valence-electron chi connectivity index (χ3n) is 4.25. The van der Waals surface area contributed by atoms with Crippen LogP contribution in [-0.2, 0) is 5.54 Å². The van der Waals surface area contributed by atoms with E-state index in [2.05, 4.69) is 27.5 Å². The number of carbonyl (C=O) groups excluding carboxylic acids is 1. The van der Waals surface area contributed by atoms with Gasteiger partial charge in [0.1, 0.15) is 11.5 Å². The van der Waals surface area contributed by atoms with Crippen LogP contribution < -0.4 is 10.6 Å². The first-order chi connectivity index (χ1) is 9.50. The monoisotopic (exact) mass is 278 g/mol. The molecule has 2 aliphatic carbocycles. The molecule has 1 aromatic heterocycles. The van der Waals surface area contributed by atoms with Crippen molar-refractivity contribution in [1.82, 2.24) is 20.6 Å². The van der Waals surface area contributed by atoms with Crippen LogP contribution in [-0.4, -0.2) is 33.1 Å². The minimum absolute atomic E-state index is 0.0456. The number of hydrogen-bond donors (Lipinski definition) is 4. The smallest absolute Gasteiger partial charge is 0.353 e. The maximum Gasteiger partial charge on any atom is 0.353 e. The number of carboxylic acids is 1. The second kappa shape index (κ2) is 4.50. The highest BCUT2D eigenvalue weighted by Gasteiger charge is 2.44. The van der Waals surface area contributed by atoms with Gasteiger partial charge in [-0.05, 0) is 31.6 Å². The summed E-state index contributed by atoms with van der Waals surface area (Å²) in [7, 11) is 0. The predicted octanol–water partition coefficient (Wildman–Crippen LogP) is 1.19. The number of carboxylic acid groups (broad SMARTS) is 1. The number of urea groups is 1.